The van der Waals surface area contributed by atoms with Crippen LogP contribution in [0, 0.1) is 5.92 Å². The Morgan fingerprint density at radius 2 is 2.05 bits per heavy atom. The van der Waals surface area contributed by atoms with Gasteiger partial charge in [-0.05, 0) is 30.9 Å². The molecule has 1 amide bonds. The van der Waals surface area contributed by atoms with Crippen molar-refractivity contribution >= 4 is 11.9 Å². The summed E-state index contributed by atoms with van der Waals surface area (Å²) in [6.45, 7) is 0. The predicted octanol–water partition coefficient (Wildman–Crippen LogP) is 1.93. The molecule has 1 aromatic rings. The Labute approximate surface area is 118 Å². The number of carbonyl (C=O) groups is 2. The van der Waals surface area contributed by atoms with Crippen LogP contribution in [0.4, 0.5) is 0 Å². The van der Waals surface area contributed by atoms with Crippen molar-refractivity contribution < 1.29 is 14.3 Å². The Bertz CT molecular complexity index is 455. The predicted molar refractivity (Wildman–Crippen MR) is 74.1 cm³/mol. The summed E-state index contributed by atoms with van der Waals surface area (Å²) in [5, 5.41) is 2.78. The highest BCUT2D eigenvalue weighted by molar-refractivity contribution is 5.95. The van der Waals surface area contributed by atoms with E-state index < -0.39 is 6.04 Å². The Balaban J connectivity index is 2.07. The number of amides is 1. The van der Waals surface area contributed by atoms with Crippen LogP contribution in [0.1, 0.15) is 42.6 Å². The number of aromatic nitrogens is 1. The lowest BCUT2D eigenvalue weighted by atomic mass is 9.84. The van der Waals surface area contributed by atoms with Gasteiger partial charge in [-0.3, -0.25) is 9.78 Å². The van der Waals surface area contributed by atoms with Crippen LogP contribution in [0.25, 0.3) is 0 Å². The van der Waals surface area contributed by atoms with E-state index >= 15 is 0 Å². The zero-order valence-corrected chi connectivity index (χ0v) is 11.7. The first-order valence-electron chi connectivity index (χ1n) is 7.02. The molecular weight excluding hydrogens is 256 g/mol. The number of methoxy groups -OCH3 is 1. The molecule has 1 aliphatic carbocycles. The first kappa shape index (κ1) is 14.5. The number of carbonyl (C=O) groups excluding carboxylic acids is 2. The number of pyridine rings is 1. The van der Waals surface area contributed by atoms with Gasteiger partial charge in [0.25, 0.3) is 5.91 Å². The average Bonchev–Trinajstić information content (AvgIpc) is 2.53. The maximum atomic E-state index is 12.1. The molecule has 1 fully saturated rings. The molecule has 5 nitrogen and oxygen atoms in total. The van der Waals surface area contributed by atoms with Crippen molar-refractivity contribution in [3.05, 3.63) is 30.1 Å². The van der Waals surface area contributed by atoms with Gasteiger partial charge >= 0.3 is 5.97 Å². The van der Waals surface area contributed by atoms with E-state index in [0.29, 0.717) is 5.69 Å². The minimum absolute atomic E-state index is 0.156. The zero-order chi connectivity index (χ0) is 14.4. The number of hydrogen-bond donors (Lipinski definition) is 1. The molecule has 1 saturated carbocycles. The normalized spacial score (nSPS) is 17.2. The van der Waals surface area contributed by atoms with Crippen molar-refractivity contribution in [3.8, 4) is 0 Å². The minimum Gasteiger partial charge on any atom is -0.467 e. The van der Waals surface area contributed by atoms with E-state index in [2.05, 4.69) is 10.3 Å². The second-order valence-corrected chi connectivity index (χ2v) is 5.09. The molecule has 0 spiro atoms. The van der Waals surface area contributed by atoms with Crippen LogP contribution in [0.2, 0.25) is 0 Å². The van der Waals surface area contributed by atoms with Crippen molar-refractivity contribution in [3.63, 3.8) is 0 Å². The molecule has 1 atom stereocenters. The third kappa shape index (κ3) is 3.56. The average molecular weight is 276 g/mol. The monoisotopic (exact) mass is 276 g/mol. The van der Waals surface area contributed by atoms with E-state index in [1.807, 2.05) is 0 Å². The highest BCUT2D eigenvalue weighted by Gasteiger charge is 2.32. The number of nitrogens with one attached hydrogen (secondary N) is 1. The highest BCUT2D eigenvalue weighted by Crippen LogP contribution is 2.27. The molecule has 0 aromatic carbocycles. The molecular formula is C15H20N2O3. The van der Waals surface area contributed by atoms with E-state index in [9.17, 15) is 9.59 Å². The molecule has 0 aliphatic heterocycles. The summed E-state index contributed by atoms with van der Waals surface area (Å²) in [4.78, 5) is 28.1. The van der Waals surface area contributed by atoms with Crippen molar-refractivity contribution in [2.24, 2.45) is 5.92 Å². The van der Waals surface area contributed by atoms with Crippen LogP contribution in [-0.4, -0.2) is 30.0 Å². The molecule has 1 N–H and O–H groups in total. The van der Waals surface area contributed by atoms with Gasteiger partial charge in [0.15, 0.2) is 0 Å². The summed E-state index contributed by atoms with van der Waals surface area (Å²) < 4.78 is 4.83. The van der Waals surface area contributed by atoms with Gasteiger partial charge < -0.3 is 10.1 Å². The highest BCUT2D eigenvalue weighted by atomic mass is 16.5. The van der Waals surface area contributed by atoms with Crippen LogP contribution >= 0.6 is 0 Å². The minimum atomic E-state index is -0.574. The lowest BCUT2D eigenvalue weighted by Crippen LogP contribution is -2.47. The van der Waals surface area contributed by atoms with E-state index in [1.165, 1.54) is 13.5 Å². The fourth-order valence-corrected chi connectivity index (χ4v) is 2.68. The van der Waals surface area contributed by atoms with Gasteiger partial charge in [0, 0.05) is 6.20 Å². The molecule has 0 saturated heterocycles. The summed E-state index contributed by atoms with van der Waals surface area (Å²) in [6.07, 6.45) is 6.83. The third-order valence-electron chi connectivity index (χ3n) is 3.76. The van der Waals surface area contributed by atoms with Crippen LogP contribution in [0.5, 0.6) is 0 Å². The van der Waals surface area contributed by atoms with Gasteiger partial charge in [-0.1, -0.05) is 25.3 Å². The van der Waals surface area contributed by atoms with E-state index in [0.717, 1.165) is 25.7 Å². The molecule has 1 aromatic heterocycles. The molecule has 5 heteroatoms. The number of hydrogen-bond acceptors (Lipinski definition) is 4. The van der Waals surface area contributed by atoms with Crippen LogP contribution in [0.15, 0.2) is 24.4 Å². The maximum Gasteiger partial charge on any atom is 0.328 e. The van der Waals surface area contributed by atoms with Gasteiger partial charge in [-0.15, -0.1) is 0 Å². The lowest BCUT2D eigenvalue weighted by Gasteiger charge is -2.28. The topological polar surface area (TPSA) is 68.3 Å². The largest absolute Gasteiger partial charge is 0.467 e. The molecule has 1 aliphatic rings. The second-order valence-electron chi connectivity index (χ2n) is 5.09. The summed E-state index contributed by atoms with van der Waals surface area (Å²) in [7, 11) is 1.35. The van der Waals surface area contributed by atoms with Gasteiger partial charge in [0.05, 0.1) is 7.11 Å². The smallest absolute Gasteiger partial charge is 0.328 e. The van der Waals surface area contributed by atoms with Crippen molar-refractivity contribution in [2.75, 3.05) is 7.11 Å². The van der Waals surface area contributed by atoms with Crippen molar-refractivity contribution in [1.82, 2.24) is 10.3 Å². The second kappa shape index (κ2) is 7.03. The molecule has 1 heterocycles. The van der Waals surface area contributed by atoms with E-state index in [4.69, 9.17) is 4.74 Å². The first-order valence-corrected chi connectivity index (χ1v) is 7.02. The maximum absolute atomic E-state index is 12.1. The Kier molecular flexibility index (Phi) is 5.09. The van der Waals surface area contributed by atoms with E-state index in [1.54, 1.807) is 24.4 Å². The van der Waals surface area contributed by atoms with Crippen LogP contribution in [-0.2, 0) is 9.53 Å². The number of ether oxygens (including phenoxy) is 1. The van der Waals surface area contributed by atoms with Crippen LogP contribution < -0.4 is 5.32 Å². The fraction of sp³-hybridized carbons (Fsp3) is 0.533. The lowest BCUT2D eigenvalue weighted by molar-refractivity contribution is -0.144. The number of esters is 1. The molecule has 108 valence electrons. The fourth-order valence-electron chi connectivity index (χ4n) is 2.68. The quantitative estimate of drug-likeness (QED) is 0.853. The standard InChI is InChI=1S/C15H20N2O3/c1-20-15(19)13(11-7-3-2-4-8-11)17-14(18)12-9-5-6-10-16-12/h5-6,9-11,13H,2-4,7-8H2,1H3,(H,17,18)/t13-/m0/s1. The van der Waals surface area contributed by atoms with Crippen molar-refractivity contribution in [2.45, 2.75) is 38.1 Å². The first-order chi connectivity index (χ1) is 9.72. The Morgan fingerprint density at radius 1 is 1.30 bits per heavy atom. The third-order valence-corrected chi connectivity index (χ3v) is 3.76. The summed E-state index contributed by atoms with van der Waals surface area (Å²) in [5.41, 5.74) is 0.317. The Hall–Kier alpha value is -1.91. The summed E-state index contributed by atoms with van der Waals surface area (Å²) in [5.74, 6) is -0.545. The molecule has 0 bridgehead atoms. The number of nitrogens with zero attached hydrogens (tertiary/aromatic N) is 1. The van der Waals surface area contributed by atoms with Gasteiger partial charge in [-0.25, -0.2) is 4.79 Å². The van der Waals surface area contributed by atoms with Crippen LogP contribution in [0.3, 0.4) is 0 Å². The molecule has 2 rings (SSSR count). The van der Waals surface area contributed by atoms with Gasteiger partial charge in [0.2, 0.25) is 0 Å². The Morgan fingerprint density at radius 3 is 2.65 bits per heavy atom. The van der Waals surface area contributed by atoms with E-state index in [-0.39, 0.29) is 17.8 Å². The van der Waals surface area contributed by atoms with Gasteiger partial charge in [0.1, 0.15) is 11.7 Å². The van der Waals surface area contributed by atoms with Gasteiger partial charge in [-0.2, -0.15) is 0 Å². The summed E-state index contributed by atoms with van der Waals surface area (Å²) in [6, 6.07) is 4.55. The summed E-state index contributed by atoms with van der Waals surface area (Å²) >= 11 is 0. The number of rotatable bonds is 4. The zero-order valence-electron chi connectivity index (χ0n) is 11.7. The SMILES string of the molecule is COC(=O)[C@@H](NC(=O)c1ccccn1)C1CCCCC1. The molecule has 0 radical (unpaired) electrons. The molecule has 20 heavy (non-hydrogen) atoms. The van der Waals surface area contributed by atoms with Crippen molar-refractivity contribution in [1.29, 1.82) is 0 Å². The molecule has 0 unspecified atom stereocenters.